The van der Waals surface area contributed by atoms with Crippen molar-refractivity contribution in [2.45, 2.75) is 18.9 Å². The van der Waals surface area contributed by atoms with E-state index in [2.05, 4.69) is 16.8 Å². The number of piperazine rings is 1. The van der Waals surface area contributed by atoms with Crippen molar-refractivity contribution in [2.75, 3.05) is 39.3 Å². The van der Waals surface area contributed by atoms with Gasteiger partial charge in [0.25, 0.3) is 0 Å². The number of hydrogen-bond acceptors (Lipinski definition) is 3. The van der Waals surface area contributed by atoms with E-state index >= 15 is 0 Å². The lowest BCUT2D eigenvalue weighted by Crippen LogP contribution is -2.51. The van der Waals surface area contributed by atoms with Gasteiger partial charge >= 0.3 is 0 Å². The largest absolute Gasteiger partial charge is 0.339 e. The van der Waals surface area contributed by atoms with E-state index < -0.39 is 0 Å². The summed E-state index contributed by atoms with van der Waals surface area (Å²) in [5.41, 5.74) is 0. The van der Waals surface area contributed by atoms with Crippen LogP contribution in [0.1, 0.15) is 12.8 Å². The van der Waals surface area contributed by atoms with Gasteiger partial charge < -0.3 is 10.2 Å². The number of nitrogens with one attached hydrogen (secondary N) is 1. The first-order valence-electron chi connectivity index (χ1n) is 6.14. The predicted molar refractivity (Wildman–Crippen MR) is 64.2 cm³/mol. The molecule has 1 N–H and O–H groups in total. The normalized spacial score (nSPS) is 22.1. The summed E-state index contributed by atoms with van der Waals surface area (Å²) < 4.78 is 0. The van der Waals surface area contributed by atoms with Gasteiger partial charge in [-0.3, -0.25) is 9.69 Å². The van der Waals surface area contributed by atoms with Gasteiger partial charge in [0.2, 0.25) is 5.91 Å². The van der Waals surface area contributed by atoms with Gasteiger partial charge in [0.1, 0.15) is 0 Å². The van der Waals surface area contributed by atoms with E-state index in [0.717, 1.165) is 32.2 Å². The van der Waals surface area contributed by atoms with Crippen molar-refractivity contribution < 1.29 is 4.79 Å². The van der Waals surface area contributed by atoms with Crippen molar-refractivity contribution in [1.29, 1.82) is 0 Å². The molecule has 1 saturated heterocycles. The highest BCUT2D eigenvalue weighted by Crippen LogP contribution is 2.27. The molecular formula is C12H21N3O. The van der Waals surface area contributed by atoms with Gasteiger partial charge in [-0.05, 0) is 12.8 Å². The summed E-state index contributed by atoms with van der Waals surface area (Å²) in [5, 5.41) is 3.06. The Bertz CT molecular complexity index is 255. The van der Waals surface area contributed by atoms with Crippen LogP contribution < -0.4 is 5.32 Å². The minimum Gasteiger partial charge on any atom is -0.339 e. The highest BCUT2D eigenvalue weighted by Gasteiger charge is 2.31. The van der Waals surface area contributed by atoms with Crippen molar-refractivity contribution in [2.24, 2.45) is 0 Å². The summed E-state index contributed by atoms with van der Waals surface area (Å²) in [6.45, 7) is 8.65. The maximum absolute atomic E-state index is 11.8. The standard InChI is InChI=1S/C12H21N3O/c1-2-5-13-10-12(16)15-8-6-14(7-9-15)11-3-4-11/h2,11,13H,1,3-10H2. The predicted octanol–water partition coefficient (Wildman–Crippen LogP) is 0.0686. The average Bonchev–Trinajstić information content (AvgIpc) is 3.13. The number of amides is 1. The number of carbonyl (C=O) groups is 1. The van der Waals surface area contributed by atoms with Crippen molar-refractivity contribution in [3.8, 4) is 0 Å². The molecule has 1 amide bonds. The molecule has 1 heterocycles. The summed E-state index contributed by atoms with van der Waals surface area (Å²) in [5.74, 6) is 0.220. The molecule has 0 radical (unpaired) electrons. The molecule has 2 aliphatic rings. The van der Waals surface area contributed by atoms with E-state index in [-0.39, 0.29) is 5.91 Å². The van der Waals surface area contributed by atoms with Crippen LogP contribution in [0.15, 0.2) is 12.7 Å². The molecule has 0 atom stereocenters. The number of hydrogen-bond donors (Lipinski definition) is 1. The lowest BCUT2D eigenvalue weighted by Gasteiger charge is -2.34. The van der Waals surface area contributed by atoms with Gasteiger partial charge in [-0.15, -0.1) is 6.58 Å². The summed E-state index contributed by atoms with van der Waals surface area (Å²) in [6.07, 6.45) is 4.49. The van der Waals surface area contributed by atoms with Crippen LogP contribution in [0, 0.1) is 0 Å². The lowest BCUT2D eigenvalue weighted by atomic mass is 10.3. The molecule has 1 aliphatic heterocycles. The van der Waals surface area contributed by atoms with Crippen LogP contribution in [-0.4, -0.2) is 61.0 Å². The Hall–Kier alpha value is -0.870. The molecule has 0 aromatic heterocycles. The zero-order valence-corrected chi connectivity index (χ0v) is 9.82. The maximum Gasteiger partial charge on any atom is 0.236 e. The summed E-state index contributed by atoms with van der Waals surface area (Å²) in [7, 11) is 0. The van der Waals surface area contributed by atoms with Crippen LogP contribution in [0.25, 0.3) is 0 Å². The Labute approximate surface area is 97.3 Å². The molecule has 0 aromatic carbocycles. The van der Waals surface area contributed by atoms with E-state index in [1.807, 2.05) is 4.90 Å². The van der Waals surface area contributed by atoms with Crippen molar-refractivity contribution in [1.82, 2.24) is 15.1 Å². The molecule has 2 fully saturated rings. The summed E-state index contributed by atoms with van der Waals surface area (Å²) in [6, 6.07) is 0.830. The van der Waals surface area contributed by atoms with Crippen LogP contribution in [0.5, 0.6) is 0 Å². The monoisotopic (exact) mass is 223 g/mol. The van der Waals surface area contributed by atoms with E-state index in [4.69, 9.17) is 0 Å². The minimum atomic E-state index is 0.220. The van der Waals surface area contributed by atoms with E-state index in [1.165, 1.54) is 12.8 Å². The summed E-state index contributed by atoms with van der Waals surface area (Å²) in [4.78, 5) is 16.3. The number of nitrogens with zero attached hydrogens (tertiary/aromatic N) is 2. The molecule has 90 valence electrons. The van der Waals surface area contributed by atoms with E-state index in [9.17, 15) is 4.79 Å². The van der Waals surface area contributed by atoms with Crippen molar-refractivity contribution in [3.05, 3.63) is 12.7 Å². The zero-order chi connectivity index (χ0) is 11.4. The first-order chi connectivity index (χ1) is 7.81. The molecule has 0 unspecified atom stereocenters. The second-order valence-corrected chi connectivity index (χ2v) is 4.57. The fourth-order valence-corrected chi connectivity index (χ4v) is 2.17. The van der Waals surface area contributed by atoms with Crippen LogP contribution in [0.4, 0.5) is 0 Å². The SMILES string of the molecule is C=CCNCC(=O)N1CCN(C2CC2)CC1. The topological polar surface area (TPSA) is 35.6 Å². The van der Waals surface area contributed by atoms with Gasteiger partial charge in [0.05, 0.1) is 6.54 Å². The average molecular weight is 223 g/mol. The van der Waals surface area contributed by atoms with Crippen molar-refractivity contribution in [3.63, 3.8) is 0 Å². The lowest BCUT2D eigenvalue weighted by molar-refractivity contribution is -0.132. The van der Waals surface area contributed by atoms with Gasteiger partial charge in [0.15, 0.2) is 0 Å². The van der Waals surface area contributed by atoms with Crippen LogP contribution in [0.2, 0.25) is 0 Å². The van der Waals surface area contributed by atoms with Crippen LogP contribution in [-0.2, 0) is 4.79 Å². The summed E-state index contributed by atoms with van der Waals surface area (Å²) >= 11 is 0. The molecule has 0 spiro atoms. The van der Waals surface area contributed by atoms with E-state index in [0.29, 0.717) is 13.1 Å². The van der Waals surface area contributed by atoms with Gasteiger partial charge in [-0.25, -0.2) is 0 Å². The Morgan fingerprint density at radius 2 is 2.00 bits per heavy atom. The molecular weight excluding hydrogens is 202 g/mol. The third-order valence-electron chi connectivity index (χ3n) is 3.30. The van der Waals surface area contributed by atoms with Crippen LogP contribution >= 0.6 is 0 Å². The zero-order valence-electron chi connectivity index (χ0n) is 9.82. The molecule has 0 aromatic rings. The first-order valence-corrected chi connectivity index (χ1v) is 6.14. The molecule has 16 heavy (non-hydrogen) atoms. The Morgan fingerprint density at radius 3 is 2.56 bits per heavy atom. The highest BCUT2D eigenvalue weighted by atomic mass is 16.2. The molecule has 4 nitrogen and oxygen atoms in total. The fraction of sp³-hybridized carbons (Fsp3) is 0.750. The van der Waals surface area contributed by atoms with Crippen molar-refractivity contribution >= 4 is 5.91 Å². The number of carbonyl (C=O) groups excluding carboxylic acids is 1. The molecule has 2 rings (SSSR count). The highest BCUT2D eigenvalue weighted by molar-refractivity contribution is 5.78. The number of rotatable bonds is 5. The Morgan fingerprint density at radius 1 is 1.31 bits per heavy atom. The molecule has 0 bridgehead atoms. The van der Waals surface area contributed by atoms with Gasteiger partial charge in [-0.2, -0.15) is 0 Å². The third kappa shape index (κ3) is 3.06. The smallest absolute Gasteiger partial charge is 0.236 e. The quantitative estimate of drug-likeness (QED) is 0.529. The fourth-order valence-electron chi connectivity index (χ4n) is 2.17. The Kier molecular flexibility index (Phi) is 3.96. The molecule has 4 heteroatoms. The minimum absolute atomic E-state index is 0.220. The molecule has 1 aliphatic carbocycles. The Balaban J connectivity index is 1.66. The second kappa shape index (κ2) is 5.46. The maximum atomic E-state index is 11.8. The second-order valence-electron chi connectivity index (χ2n) is 4.57. The molecule has 1 saturated carbocycles. The third-order valence-corrected chi connectivity index (χ3v) is 3.30. The van der Waals surface area contributed by atoms with Gasteiger partial charge in [0, 0.05) is 38.8 Å². The first kappa shape index (κ1) is 11.6. The van der Waals surface area contributed by atoms with Gasteiger partial charge in [-0.1, -0.05) is 6.08 Å². The van der Waals surface area contributed by atoms with Crippen LogP contribution in [0.3, 0.4) is 0 Å². The van der Waals surface area contributed by atoms with E-state index in [1.54, 1.807) is 6.08 Å².